The number of amides is 1. The maximum atomic E-state index is 12.4. The number of aromatic amines is 1. The van der Waals surface area contributed by atoms with Crippen LogP contribution in [0.5, 0.6) is 0 Å². The van der Waals surface area contributed by atoms with Gasteiger partial charge in [0.1, 0.15) is 11.2 Å². The minimum atomic E-state index is -0.852. The molecule has 2 aliphatic rings. The highest BCUT2D eigenvalue weighted by atomic mass is 16.5. The van der Waals surface area contributed by atoms with Crippen LogP contribution in [0, 0.1) is 0 Å². The Morgan fingerprint density at radius 1 is 1.24 bits per heavy atom. The van der Waals surface area contributed by atoms with Crippen molar-refractivity contribution in [3.8, 4) is 0 Å². The van der Waals surface area contributed by atoms with E-state index in [0.717, 1.165) is 25.0 Å². The van der Waals surface area contributed by atoms with Gasteiger partial charge in [-0.1, -0.05) is 19.3 Å². The lowest BCUT2D eigenvalue weighted by Gasteiger charge is -2.35. The molecule has 0 bridgehead atoms. The van der Waals surface area contributed by atoms with E-state index < -0.39 is 5.54 Å². The summed E-state index contributed by atoms with van der Waals surface area (Å²) in [7, 11) is 1.38. The smallest absolute Gasteiger partial charge is 0.331 e. The largest absolute Gasteiger partial charge is 0.467 e. The lowest BCUT2D eigenvalue weighted by atomic mass is 9.81. The van der Waals surface area contributed by atoms with Crippen LogP contribution in [0.1, 0.15) is 67.0 Å². The second-order valence-electron chi connectivity index (χ2n) is 6.19. The Labute approximate surface area is 124 Å². The topological polar surface area (TPSA) is 71.2 Å². The molecule has 0 radical (unpaired) electrons. The van der Waals surface area contributed by atoms with E-state index in [-0.39, 0.29) is 11.9 Å². The Morgan fingerprint density at radius 3 is 2.57 bits per heavy atom. The van der Waals surface area contributed by atoms with Crippen LogP contribution in [-0.4, -0.2) is 29.5 Å². The third-order valence-corrected chi connectivity index (χ3v) is 4.61. The molecule has 5 nitrogen and oxygen atoms in total. The normalized spacial score (nSPS) is 20.8. The van der Waals surface area contributed by atoms with Gasteiger partial charge in [-0.2, -0.15) is 0 Å². The molecule has 5 heteroatoms. The molecule has 1 aromatic rings. The van der Waals surface area contributed by atoms with Gasteiger partial charge in [0, 0.05) is 5.69 Å². The maximum absolute atomic E-state index is 12.4. The second-order valence-corrected chi connectivity index (χ2v) is 6.19. The first-order valence-electron chi connectivity index (χ1n) is 7.74. The molecule has 0 aliphatic heterocycles. The molecule has 0 aromatic carbocycles. The van der Waals surface area contributed by atoms with E-state index in [1.165, 1.54) is 20.0 Å². The molecule has 0 spiro atoms. The molecule has 3 rings (SSSR count). The van der Waals surface area contributed by atoms with Crippen LogP contribution < -0.4 is 5.32 Å². The first-order valence-corrected chi connectivity index (χ1v) is 7.74. The molecule has 21 heavy (non-hydrogen) atoms. The molecule has 2 saturated carbocycles. The Bertz CT molecular complexity index is 539. The highest BCUT2D eigenvalue weighted by Crippen LogP contribution is 2.39. The summed E-state index contributed by atoms with van der Waals surface area (Å²) in [6, 6.07) is 3.77. The van der Waals surface area contributed by atoms with Crippen LogP contribution in [0.4, 0.5) is 0 Å². The minimum absolute atomic E-state index is 0.214. The van der Waals surface area contributed by atoms with Gasteiger partial charge < -0.3 is 15.0 Å². The first kappa shape index (κ1) is 14.2. The van der Waals surface area contributed by atoms with Crippen LogP contribution in [0.15, 0.2) is 12.1 Å². The zero-order valence-electron chi connectivity index (χ0n) is 12.4. The van der Waals surface area contributed by atoms with Gasteiger partial charge in [0.05, 0.1) is 7.11 Å². The predicted octanol–water partition coefficient (Wildman–Crippen LogP) is 2.50. The number of rotatable bonds is 4. The molecule has 2 aliphatic carbocycles. The zero-order chi connectivity index (χ0) is 14.9. The van der Waals surface area contributed by atoms with Crippen LogP contribution in [0.25, 0.3) is 0 Å². The Morgan fingerprint density at radius 2 is 1.95 bits per heavy atom. The van der Waals surface area contributed by atoms with Crippen molar-refractivity contribution in [1.82, 2.24) is 10.3 Å². The summed E-state index contributed by atoms with van der Waals surface area (Å²) >= 11 is 0. The number of methoxy groups -OCH3 is 1. The molecule has 114 valence electrons. The number of carbonyl (C=O) groups is 2. The quantitative estimate of drug-likeness (QED) is 0.837. The van der Waals surface area contributed by atoms with Crippen LogP contribution in [-0.2, 0) is 9.53 Å². The number of H-pyrrole nitrogens is 1. The third kappa shape index (κ3) is 2.82. The fraction of sp³-hybridized carbons (Fsp3) is 0.625. The highest BCUT2D eigenvalue weighted by Gasteiger charge is 2.42. The van der Waals surface area contributed by atoms with Gasteiger partial charge in [-0.25, -0.2) is 4.79 Å². The molecule has 0 atom stereocenters. The van der Waals surface area contributed by atoms with E-state index in [2.05, 4.69) is 10.3 Å². The number of aromatic nitrogens is 1. The molecular formula is C16H22N2O3. The van der Waals surface area contributed by atoms with Crippen molar-refractivity contribution in [3.63, 3.8) is 0 Å². The van der Waals surface area contributed by atoms with Crippen molar-refractivity contribution >= 4 is 11.9 Å². The Hall–Kier alpha value is -1.78. The van der Waals surface area contributed by atoms with Crippen LogP contribution >= 0.6 is 0 Å². The van der Waals surface area contributed by atoms with Crippen LogP contribution in [0.2, 0.25) is 0 Å². The molecule has 1 aromatic heterocycles. The molecular weight excluding hydrogens is 268 g/mol. The fourth-order valence-corrected chi connectivity index (χ4v) is 3.19. The molecule has 0 unspecified atom stereocenters. The number of esters is 1. The van der Waals surface area contributed by atoms with Gasteiger partial charge >= 0.3 is 5.97 Å². The first-order chi connectivity index (χ1) is 10.1. The summed E-state index contributed by atoms with van der Waals surface area (Å²) in [5, 5.41) is 2.93. The van der Waals surface area contributed by atoms with Crippen molar-refractivity contribution in [1.29, 1.82) is 0 Å². The zero-order valence-corrected chi connectivity index (χ0v) is 12.4. The van der Waals surface area contributed by atoms with E-state index in [0.29, 0.717) is 24.5 Å². The van der Waals surface area contributed by atoms with Gasteiger partial charge in [0.2, 0.25) is 0 Å². The summed E-state index contributed by atoms with van der Waals surface area (Å²) in [5.74, 6) is 0.0366. The maximum Gasteiger partial charge on any atom is 0.331 e. The number of hydrogen-bond donors (Lipinski definition) is 2. The van der Waals surface area contributed by atoms with Gasteiger partial charge in [0.25, 0.3) is 5.91 Å². The van der Waals surface area contributed by atoms with Gasteiger partial charge in [-0.3, -0.25) is 4.79 Å². The van der Waals surface area contributed by atoms with Gasteiger partial charge in [-0.15, -0.1) is 0 Å². The summed E-state index contributed by atoms with van der Waals surface area (Å²) < 4.78 is 4.92. The van der Waals surface area contributed by atoms with Crippen molar-refractivity contribution in [2.75, 3.05) is 7.11 Å². The molecule has 2 fully saturated rings. The lowest BCUT2D eigenvalue weighted by Crippen LogP contribution is -2.56. The molecule has 1 amide bonds. The molecule has 2 N–H and O–H groups in total. The van der Waals surface area contributed by atoms with Crippen molar-refractivity contribution in [3.05, 3.63) is 23.5 Å². The average Bonchev–Trinajstić information content (AvgIpc) is 3.24. The van der Waals surface area contributed by atoms with E-state index in [4.69, 9.17) is 4.74 Å². The SMILES string of the molecule is COC(=O)C1(NC(=O)c2ccc(C3CC3)[nH]2)CCCCC1. The molecule has 1 heterocycles. The van der Waals surface area contributed by atoms with E-state index >= 15 is 0 Å². The van der Waals surface area contributed by atoms with E-state index in [1.807, 2.05) is 6.07 Å². The Kier molecular flexibility index (Phi) is 3.74. The van der Waals surface area contributed by atoms with Crippen LogP contribution in [0.3, 0.4) is 0 Å². The predicted molar refractivity (Wildman–Crippen MR) is 78.1 cm³/mol. The third-order valence-electron chi connectivity index (χ3n) is 4.61. The Balaban J connectivity index is 1.74. The fourth-order valence-electron chi connectivity index (χ4n) is 3.19. The molecule has 0 saturated heterocycles. The van der Waals surface area contributed by atoms with E-state index in [1.54, 1.807) is 6.07 Å². The van der Waals surface area contributed by atoms with Crippen molar-refractivity contribution in [2.24, 2.45) is 0 Å². The monoisotopic (exact) mass is 290 g/mol. The van der Waals surface area contributed by atoms with Crippen molar-refractivity contribution < 1.29 is 14.3 Å². The second kappa shape index (κ2) is 5.54. The van der Waals surface area contributed by atoms with Gasteiger partial charge in [-0.05, 0) is 43.7 Å². The number of carbonyl (C=O) groups excluding carboxylic acids is 2. The standard InChI is InChI=1S/C16H22N2O3/c1-21-15(20)16(9-3-2-4-10-16)18-14(19)13-8-7-12(17-13)11-5-6-11/h7-8,11,17H,2-6,9-10H2,1H3,(H,18,19). The highest BCUT2D eigenvalue weighted by molar-refractivity contribution is 5.97. The number of hydrogen-bond acceptors (Lipinski definition) is 3. The summed E-state index contributed by atoms with van der Waals surface area (Å²) in [4.78, 5) is 27.8. The summed E-state index contributed by atoms with van der Waals surface area (Å²) in [6.45, 7) is 0. The number of ether oxygens (including phenoxy) is 1. The average molecular weight is 290 g/mol. The summed E-state index contributed by atoms with van der Waals surface area (Å²) in [6.07, 6.45) is 6.66. The lowest BCUT2D eigenvalue weighted by molar-refractivity contribution is -0.149. The van der Waals surface area contributed by atoms with Crippen molar-refractivity contribution in [2.45, 2.75) is 56.4 Å². The van der Waals surface area contributed by atoms with Gasteiger partial charge in [0.15, 0.2) is 0 Å². The number of nitrogens with one attached hydrogen (secondary N) is 2. The van der Waals surface area contributed by atoms with E-state index in [9.17, 15) is 9.59 Å². The minimum Gasteiger partial charge on any atom is -0.467 e. The summed E-state index contributed by atoms with van der Waals surface area (Å²) in [5.41, 5.74) is 0.802.